The van der Waals surface area contributed by atoms with Crippen LogP contribution in [0.1, 0.15) is 41.4 Å². The molecule has 0 amide bonds. The molecule has 19 rings (SSSR count). The summed E-state index contributed by atoms with van der Waals surface area (Å²) >= 11 is 3.69. The SMILES string of the molecule is CC1(C)OB(c2ccc3oc4ccccc4c3c2)OC1(C)C.[2H]c1c([2H])c([2H])c(-c2c3ccccc3c(-c3cc(-c4ccc5oc6ccccc6c5c4)cc4ccccc34)c3ccccc23)c([2H])c1[2H].[2H]c1c([2H])c([2H])c(-c2c3ccccc3c(-c3cc(Br)cc4ccccc34)c3ccccc23)c([2H])c1[2H]. The second-order valence-electron chi connectivity index (χ2n) is 25.4. The van der Waals surface area contributed by atoms with Gasteiger partial charge in [0.1, 0.15) is 22.3 Å². The highest BCUT2D eigenvalue weighted by Crippen LogP contribution is 2.49. The monoisotopic (exact) mass is 1310 g/mol. The van der Waals surface area contributed by atoms with E-state index in [1.807, 2.05) is 152 Å². The second-order valence-corrected chi connectivity index (χ2v) is 26.3. The lowest BCUT2D eigenvalue weighted by molar-refractivity contribution is 0.00578. The van der Waals surface area contributed by atoms with Crippen LogP contribution in [0.2, 0.25) is 0 Å². The van der Waals surface area contributed by atoms with E-state index in [9.17, 15) is 0 Å². The number of furan rings is 2. The van der Waals surface area contributed by atoms with Crippen molar-refractivity contribution >= 4 is 137 Å². The first kappa shape index (κ1) is 48.8. The van der Waals surface area contributed by atoms with E-state index >= 15 is 0 Å². The predicted octanol–water partition coefficient (Wildman–Crippen LogP) is 25.2. The Hall–Kier alpha value is -10.9. The number of hydrogen-bond donors (Lipinski definition) is 0. The van der Waals surface area contributed by atoms with Crippen LogP contribution in [0.25, 0.3) is 164 Å². The van der Waals surface area contributed by atoms with Gasteiger partial charge in [-0.05, 0) is 208 Å². The molecule has 1 aliphatic rings. The quantitative estimate of drug-likeness (QED) is 0.123. The predicted molar refractivity (Wildman–Crippen MR) is 410 cm³/mol. The molecule has 0 bridgehead atoms. The van der Waals surface area contributed by atoms with Gasteiger partial charge in [0.2, 0.25) is 0 Å². The van der Waals surface area contributed by atoms with Crippen molar-refractivity contribution in [1.29, 1.82) is 0 Å². The number of para-hydroxylation sites is 2. The second kappa shape index (κ2) is 23.9. The maximum Gasteiger partial charge on any atom is 0.494 e. The van der Waals surface area contributed by atoms with Gasteiger partial charge in [0, 0.05) is 26.0 Å². The van der Waals surface area contributed by atoms with Crippen molar-refractivity contribution in [3.63, 3.8) is 0 Å². The molecule has 1 aliphatic heterocycles. The van der Waals surface area contributed by atoms with Crippen LogP contribution in [0.4, 0.5) is 0 Å². The Morgan fingerprint density at radius 2 is 0.646 bits per heavy atom. The molecule has 4 nitrogen and oxygen atoms in total. The van der Waals surface area contributed by atoms with E-state index in [-0.39, 0.29) is 83.8 Å². The Morgan fingerprint density at radius 1 is 0.292 bits per heavy atom. The fourth-order valence-electron chi connectivity index (χ4n) is 14.1. The van der Waals surface area contributed by atoms with Crippen LogP contribution in [0.5, 0.6) is 0 Å². The van der Waals surface area contributed by atoms with Crippen molar-refractivity contribution in [3.05, 3.63) is 320 Å². The summed E-state index contributed by atoms with van der Waals surface area (Å²) in [7, 11) is -0.344. The molecule has 18 aromatic rings. The average molecular weight is 1310 g/mol. The van der Waals surface area contributed by atoms with E-state index < -0.39 is 6.04 Å². The lowest BCUT2D eigenvalue weighted by Gasteiger charge is -2.32. The largest absolute Gasteiger partial charge is 0.494 e. The molecule has 16 aromatic carbocycles. The van der Waals surface area contributed by atoms with Crippen molar-refractivity contribution in [2.45, 2.75) is 38.9 Å². The summed E-state index contributed by atoms with van der Waals surface area (Å²) < 4.78 is 110. The fraction of sp³-hybridized carbons (Fsp3) is 0.0667. The first-order valence-corrected chi connectivity index (χ1v) is 32.9. The zero-order valence-corrected chi connectivity index (χ0v) is 54.4. The van der Waals surface area contributed by atoms with Gasteiger partial charge in [-0.15, -0.1) is 0 Å². The molecule has 96 heavy (non-hydrogen) atoms. The Bertz CT molecular complexity index is 6540. The van der Waals surface area contributed by atoms with Crippen LogP contribution in [-0.2, 0) is 9.31 Å². The van der Waals surface area contributed by atoms with Crippen LogP contribution < -0.4 is 5.46 Å². The molecule has 2 aromatic heterocycles. The summed E-state index contributed by atoms with van der Waals surface area (Å²) in [5.74, 6) is 0. The van der Waals surface area contributed by atoms with E-state index in [0.29, 0.717) is 11.1 Å². The summed E-state index contributed by atoms with van der Waals surface area (Å²) in [5, 5.41) is 15.9. The van der Waals surface area contributed by atoms with Crippen LogP contribution in [0.15, 0.2) is 329 Å². The minimum atomic E-state index is -0.399. The summed E-state index contributed by atoms with van der Waals surface area (Å²) in [4.78, 5) is 0. The normalized spacial score (nSPS) is 15.0. The highest BCUT2D eigenvalue weighted by molar-refractivity contribution is 9.10. The molecule has 0 unspecified atom stereocenters. The highest BCUT2D eigenvalue weighted by Gasteiger charge is 2.51. The van der Waals surface area contributed by atoms with Gasteiger partial charge in [-0.2, -0.15) is 0 Å². The summed E-state index contributed by atoms with van der Waals surface area (Å²) in [6, 6.07) is 82.9. The standard InChI is InChI=1S/C42H26O.C30H19Br.C18H19BO3/c1-2-12-27(13-3-1)41-33-17-6-8-19-35(33)42(36-20-9-7-18-34(36)41)38-26-30(24-29-14-4-5-15-31(29)38)28-22-23-40-37(25-28)32-16-10-11-21-39(32)43-40;31-22-18-21-12-4-5-13-23(21)28(19-22)30-26-16-8-6-14-24(26)29(20-10-2-1-3-11-20)25-15-7-9-17-27(25)30;1-17(2)18(3,4)22-19(21-17)12-9-10-16-14(11-12)13-7-5-6-8-15(13)20-16/h1-26H;1-19H;5-11H,1-4H3/i1D,2D,3D,12D,13D;1D,2D,3D,10D,11D;. The van der Waals surface area contributed by atoms with Crippen molar-refractivity contribution in [3.8, 4) is 55.6 Å². The molecule has 0 saturated carbocycles. The number of hydrogen-bond acceptors (Lipinski definition) is 4. The molecule has 0 atom stereocenters. The van der Waals surface area contributed by atoms with Gasteiger partial charge in [-0.25, -0.2) is 0 Å². The molecule has 6 heteroatoms. The topological polar surface area (TPSA) is 44.7 Å². The van der Waals surface area contributed by atoms with E-state index in [0.717, 1.165) is 152 Å². The van der Waals surface area contributed by atoms with E-state index in [1.54, 1.807) is 0 Å². The van der Waals surface area contributed by atoms with Crippen molar-refractivity contribution in [2.75, 3.05) is 0 Å². The molecule has 0 radical (unpaired) electrons. The zero-order valence-electron chi connectivity index (χ0n) is 62.8. The molecule has 0 aliphatic carbocycles. The third-order valence-corrected chi connectivity index (χ3v) is 19.7. The maximum atomic E-state index is 8.89. The van der Waals surface area contributed by atoms with E-state index in [1.165, 1.54) is 0 Å². The summed E-state index contributed by atoms with van der Waals surface area (Å²) in [5.41, 5.74) is 11.9. The van der Waals surface area contributed by atoms with Gasteiger partial charge >= 0.3 is 7.12 Å². The van der Waals surface area contributed by atoms with Crippen molar-refractivity contribution in [1.82, 2.24) is 0 Å². The Morgan fingerprint density at radius 3 is 1.10 bits per heavy atom. The molecule has 1 fully saturated rings. The molecular formula is C90H64BBrO4. The Labute approximate surface area is 579 Å². The molecule has 1 saturated heterocycles. The molecule has 458 valence electrons. The highest BCUT2D eigenvalue weighted by atomic mass is 79.9. The number of rotatable bonds is 6. The first-order chi connectivity index (χ1) is 51.2. The fourth-order valence-corrected chi connectivity index (χ4v) is 14.5. The molecule has 0 N–H and O–H groups in total. The van der Waals surface area contributed by atoms with E-state index in [2.05, 4.69) is 147 Å². The van der Waals surface area contributed by atoms with Gasteiger partial charge in [0.15, 0.2) is 0 Å². The zero-order chi connectivity index (χ0) is 73.4. The van der Waals surface area contributed by atoms with Gasteiger partial charge in [-0.3, -0.25) is 0 Å². The van der Waals surface area contributed by atoms with Gasteiger partial charge in [0.05, 0.1) is 24.9 Å². The molecule has 3 heterocycles. The van der Waals surface area contributed by atoms with Crippen LogP contribution in [0.3, 0.4) is 0 Å². The number of fused-ring (bicyclic) bond motifs is 12. The smallest absolute Gasteiger partial charge is 0.456 e. The number of halogens is 1. The lowest BCUT2D eigenvalue weighted by Crippen LogP contribution is -2.41. The first-order valence-electron chi connectivity index (χ1n) is 37.1. The van der Waals surface area contributed by atoms with Crippen LogP contribution in [0, 0.1) is 0 Å². The molecule has 0 spiro atoms. The third kappa shape index (κ3) is 10.2. The lowest BCUT2D eigenvalue weighted by atomic mass is 9.78. The van der Waals surface area contributed by atoms with Crippen LogP contribution >= 0.6 is 15.9 Å². The Kier molecular flexibility index (Phi) is 12.1. The minimum absolute atomic E-state index is 0.197. The minimum Gasteiger partial charge on any atom is -0.456 e. The van der Waals surface area contributed by atoms with Gasteiger partial charge < -0.3 is 18.1 Å². The van der Waals surface area contributed by atoms with Crippen molar-refractivity contribution < 1.29 is 31.9 Å². The number of benzene rings is 16. The molecular weight excluding hydrogens is 1240 g/mol. The summed E-state index contributed by atoms with van der Waals surface area (Å²) in [6.45, 7) is 8.27. The third-order valence-electron chi connectivity index (χ3n) is 19.2. The van der Waals surface area contributed by atoms with Crippen molar-refractivity contribution in [2.24, 2.45) is 0 Å². The Balaban J connectivity index is 0.000000125. The summed E-state index contributed by atoms with van der Waals surface area (Å²) in [6.07, 6.45) is 0. The van der Waals surface area contributed by atoms with Gasteiger partial charge in [-0.1, -0.05) is 277 Å². The average Bonchev–Trinajstić information content (AvgIpc) is 1.06. The van der Waals surface area contributed by atoms with E-state index in [4.69, 9.17) is 31.9 Å². The maximum absolute atomic E-state index is 8.89. The van der Waals surface area contributed by atoms with Gasteiger partial charge in [0.25, 0.3) is 0 Å². The van der Waals surface area contributed by atoms with Crippen LogP contribution in [-0.4, -0.2) is 18.3 Å².